The van der Waals surface area contributed by atoms with E-state index in [2.05, 4.69) is 29.4 Å². The van der Waals surface area contributed by atoms with E-state index in [-0.39, 0.29) is 11.7 Å². The number of nitriles is 1. The number of hydrogen-bond acceptors (Lipinski definition) is 4. The van der Waals surface area contributed by atoms with Gasteiger partial charge in [0.15, 0.2) is 5.16 Å². The van der Waals surface area contributed by atoms with Crippen molar-refractivity contribution in [3.63, 3.8) is 0 Å². The van der Waals surface area contributed by atoms with Crippen LogP contribution in [0.4, 0.5) is 0 Å². The van der Waals surface area contributed by atoms with Gasteiger partial charge >= 0.3 is 0 Å². The number of aromatic nitrogens is 2. The summed E-state index contributed by atoms with van der Waals surface area (Å²) < 4.78 is 1.99. The van der Waals surface area contributed by atoms with Gasteiger partial charge in [-0.1, -0.05) is 49.2 Å². The van der Waals surface area contributed by atoms with Crippen LogP contribution in [0.25, 0.3) is 5.69 Å². The average molecular weight is 354 g/mol. The number of nitrogens with one attached hydrogen (secondary N) is 1. The third-order valence-corrected chi connectivity index (χ3v) is 5.58. The van der Waals surface area contributed by atoms with Crippen molar-refractivity contribution in [2.75, 3.05) is 5.75 Å². The second kappa shape index (κ2) is 7.75. The summed E-state index contributed by atoms with van der Waals surface area (Å²) in [6.07, 6.45) is 8.28. The number of imidazole rings is 1. The first-order valence-electron chi connectivity index (χ1n) is 8.58. The molecule has 1 aliphatic rings. The predicted molar refractivity (Wildman–Crippen MR) is 98.6 cm³/mol. The lowest BCUT2D eigenvalue weighted by molar-refractivity contribution is -0.120. The van der Waals surface area contributed by atoms with E-state index >= 15 is 0 Å². The lowest BCUT2D eigenvalue weighted by Gasteiger charge is -2.31. The molecule has 0 saturated heterocycles. The molecule has 1 aliphatic carbocycles. The van der Waals surface area contributed by atoms with Crippen LogP contribution in [0, 0.1) is 18.3 Å². The van der Waals surface area contributed by atoms with E-state index in [9.17, 15) is 10.1 Å². The quantitative estimate of drug-likeness (QED) is 0.833. The van der Waals surface area contributed by atoms with Gasteiger partial charge in [-0.25, -0.2) is 4.98 Å². The number of para-hydroxylation sites is 1. The van der Waals surface area contributed by atoms with Crippen LogP contribution in [-0.2, 0) is 4.79 Å². The fourth-order valence-electron chi connectivity index (χ4n) is 3.27. The highest BCUT2D eigenvalue weighted by molar-refractivity contribution is 7.99. The highest BCUT2D eigenvalue weighted by Crippen LogP contribution is 2.28. The number of thioether (sulfide) groups is 1. The van der Waals surface area contributed by atoms with Crippen molar-refractivity contribution in [3.8, 4) is 11.8 Å². The van der Waals surface area contributed by atoms with Crippen LogP contribution in [0.15, 0.2) is 41.8 Å². The molecular formula is C19H22N4OS. The first-order valence-corrected chi connectivity index (χ1v) is 9.56. The second-order valence-corrected chi connectivity index (χ2v) is 7.40. The van der Waals surface area contributed by atoms with E-state index < -0.39 is 5.54 Å². The number of hydrogen-bond donors (Lipinski definition) is 1. The molecule has 0 radical (unpaired) electrons. The number of carbonyl (C=O) groups is 1. The van der Waals surface area contributed by atoms with Crippen LogP contribution < -0.4 is 5.32 Å². The molecule has 1 heterocycles. The third-order valence-electron chi connectivity index (χ3n) is 4.61. The van der Waals surface area contributed by atoms with Crippen LogP contribution in [0.1, 0.15) is 37.7 Å². The Morgan fingerprint density at radius 3 is 2.84 bits per heavy atom. The normalized spacial score (nSPS) is 16.2. The number of carbonyl (C=O) groups excluding carboxylic acids is 1. The van der Waals surface area contributed by atoms with Crippen molar-refractivity contribution >= 4 is 17.7 Å². The SMILES string of the molecule is Cc1ccccc1-n1ccnc1SCC(=O)NC1(C#N)CCCCC1. The summed E-state index contributed by atoms with van der Waals surface area (Å²) in [5, 5.41) is 13.2. The zero-order valence-corrected chi connectivity index (χ0v) is 15.2. The number of amides is 1. The number of nitrogens with zero attached hydrogens (tertiary/aromatic N) is 3. The molecule has 25 heavy (non-hydrogen) atoms. The number of aryl methyl sites for hydroxylation is 1. The Morgan fingerprint density at radius 2 is 2.12 bits per heavy atom. The molecule has 1 amide bonds. The fourth-order valence-corrected chi connectivity index (χ4v) is 4.03. The van der Waals surface area contributed by atoms with Gasteiger partial charge in [-0.3, -0.25) is 9.36 Å². The molecule has 1 aromatic heterocycles. The van der Waals surface area contributed by atoms with Gasteiger partial charge in [-0.15, -0.1) is 0 Å². The molecule has 0 aliphatic heterocycles. The minimum atomic E-state index is -0.679. The standard InChI is InChI=1S/C19H22N4OS/c1-15-7-3-4-8-16(15)23-12-11-21-18(23)25-13-17(24)22-19(14-20)9-5-2-6-10-19/h3-4,7-8,11-12H,2,5-6,9-10,13H2,1H3,(H,22,24). The highest BCUT2D eigenvalue weighted by Gasteiger charge is 2.33. The van der Waals surface area contributed by atoms with Gasteiger partial charge < -0.3 is 5.32 Å². The van der Waals surface area contributed by atoms with Gasteiger partial charge in [0, 0.05) is 12.4 Å². The summed E-state index contributed by atoms with van der Waals surface area (Å²) in [6.45, 7) is 2.05. The van der Waals surface area contributed by atoms with E-state index in [1.165, 1.54) is 11.8 Å². The Hall–Kier alpha value is -2.26. The Bertz CT molecular complexity index is 787. The van der Waals surface area contributed by atoms with Gasteiger partial charge in [0.1, 0.15) is 5.54 Å². The van der Waals surface area contributed by atoms with Gasteiger partial charge in [0.05, 0.1) is 17.5 Å². The summed E-state index contributed by atoms with van der Waals surface area (Å²) in [4.78, 5) is 16.7. The van der Waals surface area contributed by atoms with E-state index in [1.807, 2.05) is 29.0 Å². The summed E-state index contributed by atoms with van der Waals surface area (Å²) >= 11 is 1.39. The summed E-state index contributed by atoms with van der Waals surface area (Å²) in [7, 11) is 0. The molecule has 6 heteroatoms. The summed E-state index contributed by atoms with van der Waals surface area (Å²) in [5.41, 5.74) is 1.53. The summed E-state index contributed by atoms with van der Waals surface area (Å²) in [6, 6.07) is 10.4. The monoisotopic (exact) mass is 354 g/mol. The first-order chi connectivity index (χ1) is 12.1. The van der Waals surface area contributed by atoms with Crippen LogP contribution in [0.2, 0.25) is 0 Å². The van der Waals surface area contributed by atoms with E-state index in [0.29, 0.717) is 0 Å². The molecule has 3 rings (SSSR count). The molecule has 2 aromatic rings. The van der Waals surface area contributed by atoms with Crippen molar-refractivity contribution in [2.45, 2.75) is 49.7 Å². The lowest BCUT2D eigenvalue weighted by Crippen LogP contribution is -2.49. The first kappa shape index (κ1) is 17.6. The van der Waals surface area contributed by atoms with E-state index in [4.69, 9.17) is 0 Å². The Labute approximate surface area is 152 Å². The topological polar surface area (TPSA) is 70.7 Å². The fraction of sp³-hybridized carbons (Fsp3) is 0.421. The molecular weight excluding hydrogens is 332 g/mol. The molecule has 1 aromatic carbocycles. The third kappa shape index (κ3) is 4.05. The van der Waals surface area contributed by atoms with Gasteiger partial charge in [-0.2, -0.15) is 5.26 Å². The highest BCUT2D eigenvalue weighted by atomic mass is 32.2. The smallest absolute Gasteiger partial charge is 0.231 e. The Balaban J connectivity index is 1.65. The van der Waals surface area contributed by atoms with Crippen LogP contribution in [-0.4, -0.2) is 26.8 Å². The van der Waals surface area contributed by atoms with E-state index in [0.717, 1.165) is 48.5 Å². The second-order valence-electron chi connectivity index (χ2n) is 6.46. The van der Waals surface area contributed by atoms with Gasteiger partial charge in [-0.05, 0) is 31.4 Å². The molecule has 0 atom stereocenters. The zero-order chi connectivity index (χ0) is 17.7. The molecule has 1 fully saturated rings. The minimum absolute atomic E-state index is 0.104. The van der Waals surface area contributed by atoms with Crippen LogP contribution >= 0.6 is 11.8 Å². The molecule has 130 valence electrons. The molecule has 0 bridgehead atoms. The van der Waals surface area contributed by atoms with Crippen LogP contribution in [0.3, 0.4) is 0 Å². The molecule has 1 saturated carbocycles. The van der Waals surface area contributed by atoms with Crippen molar-refractivity contribution in [1.29, 1.82) is 5.26 Å². The maximum Gasteiger partial charge on any atom is 0.231 e. The van der Waals surface area contributed by atoms with Crippen molar-refractivity contribution in [2.24, 2.45) is 0 Å². The largest absolute Gasteiger partial charge is 0.337 e. The van der Waals surface area contributed by atoms with Crippen molar-refractivity contribution in [1.82, 2.24) is 14.9 Å². The number of rotatable bonds is 5. The number of benzene rings is 1. The molecule has 5 nitrogen and oxygen atoms in total. The van der Waals surface area contributed by atoms with Crippen molar-refractivity contribution in [3.05, 3.63) is 42.2 Å². The maximum absolute atomic E-state index is 12.4. The predicted octanol–water partition coefficient (Wildman–Crippen LogP) is 3.62. The summed E-state index contributed by atoms with van der Waals surface area (Å²) in [5.74, 6) is 0.152. The van der Waals surface area contributed by atoms with Gasteiger partial charge in [0.25, 0.3) is 0 Å². The van der Waals surface area contributed by atoms with E-state index in [1.54, 1.807) is 6.20 Å². The molecule has 0 unspecified atom stereocenters. The molecule has 1 N–H and O–H groups in total. The Kier molecular flexibility index (Phi) is 5.44. The minimum Gasteiger partial charge on any atom is -0.337 e. The van der Waals surface area contributed by atoms with Crippen molar-refractivity contribution < 1.29 is 4.79 Å². The Morgan fingerprint density at radius 1 is 1.36 bits per heavy atom. The van der Waals surface area contributed by atoms with Gasteiger partial charge in [0.2, 0.25) is 5.91 Å². The average Bonchev–Trinajstić information content (AvgIpc) is 3.09. The molecule has 0 spiro atoms. The maximum atomic E-state index is 12.4. The van der Waals surface area contributed by atoms with Crippen LogP contribution in [0.5, 0.6) is 0 Å². The zero-order valence-electron chi connectivity index (χ0n) is 14.4. The lowest BCUT2D eigenvalue weighted by atomic mass is 9.83.